The maximum Gasteiger partial charge on any atom is 0.191 e. The van der Waals surface area contributed by atoms with Crippen molar-refractivity contribution in [2.45, 2.75) is 53.8 Å². The molecule has 0 fully saturated rings. The highest BCUT2D eigenvalue weighted by Gasteiger charge is 2.02. The molecule has 0 aliphatic carbocycles. The molecule has 132 valence electrons. The largest absolute Gasteiger partial charge is 0.357 e. The van der Waals surface area contributed by atoms with Gasteiger partial charge in [-0.1, -0.05) is 38.1 Å². The van der Waals surface area contributed by atoms with Gasteiger partial charge < -0.3 is 10.6 Å². The Kier molecular flexibility index (Phi) is 12.1. The normalized spacial score (nSPS) is 11.5. The van der Waals surface area contributed by atoms with E-state index >= 15 is 0 Å². The van der Waals surface area contributed by atoms with Gasteiger partial charge in [0.25, 0.3) is 0 Å². The first-order chi connectivity index (χ1) is 10.6. The lowest BCUT2D eigenvalue weighted by atomic mass is 10.1. The smallest absolute Gasteiger partial charge is 0.191 e. The summed E-state index contributed by atoms with van der Waals surface area (Å²) in [5, 5.41) is 6.61. The second kappa shape index (κ2) is 12.6. The lowest BCUT2D eigenvalue weighted by Gasteiger charge is -2.18. The van der Waals surface area contributed by atoms with Crippen molar-refractivity contribution in [3.05, 3.63) is 35.4 Å². The van der Waals surface area contributed by atoms with Gasteiger partial charge in [0.2, 0.25) is 0 Å². The molecule has 0 radical (unpaired) electrons. The van der Waals surface area contributed by atoms with Crippen LogP contribution in [-0.4, -0.2) is 36.5 Å². The molecule has 0 amide bonds. The first-order valence-corrected chi connectivity index (χ1v) is 8.44. The minimum Gasteiger partial charge on any atom is -0.357 e. The molecule has 2 N–H and O–H groups in total. The summed E-state index contributed by atoms with van der Waals surface area (Å²) in [6, 6.07) is 9.18. The van der Waals surface area contributed by atoms with E-state index in [4.69, 9.17) is 0 Å². The summed E-state index contributed by atoms with van der Waals surface area (Å²) >= 11 is 0. The number of rotatable bonds is 8. The van der Waals surface area contributed by atoms with Crippen LogP contribution in [0.15, 0.2) is 29.3 Å². The molecule has 0 aliphatic rings. The van der Waals surface area contributed by atoms with Crippen molar-refractivity contribution in [3.8, 4) is 0 Å². The van der Waals surface area contributed by atoms with Crippen LogP contribution in [0.3, 0.4) is 0 Å². The molecule has 0 saturated carbocycles. The molecular weight excluding hydrogens is 399 g/mol. The quantitative estimate of drug-likeness (QED) is 0.375. The summed E-state index contributed by atoms with van der Waals surface area (Å²) < 4.78 is 0. The molecule has 0 atom stereocenters. The molecule has 0 aliphatic heterocycles. The van der Waals surface area contributed by atoms with E-state index in [0.29, 0.717) is 12.6 Å². The van der Waals surface area contributed by atoms with E-state index in [0.717, 1.165) is 32.1 Å². The average Bonchev–Trinajstić information content (AvgIpc) is 2.51. The Balaban J connectivity index is 0.00000484. The third kappa shape index (κ3) is 9.15. The van der Waals surface area contributed by atoms with E-state index in [1.54, 1.807) is 0 Å². The average molecular weight is 432 g/mol. The van der Waals surface area contributed by atoms with Crippen molar-refractivity contribution in [1.82, 2.24) is 15.5 Å². The van der Waals surface area contributed by atoms with Crippen LogP contribution in [0.5, 0.6) is 0 Å². The van der Waals surface area contributed by atoms with Crippen LogP contribution in [0.1, 0.15) is 45.7 Å². The molecule has 0 spiro atoms. The zero-order valence-electron chi connectivity index (χ0n) is 15.2. The summed E-state index contributed by atoms with van der Waals surface area (Å²) in [5.41, 5.74) is 2.60. The van der Waals surface area contributed by atoms with Crippen molar-refractivity contribution >= 4 is 29.9 Å². The Hall–Kier alpha value is -0.820. The zero-order valence-corrected chi connectivity index (χ0v) is 17.6. The Labute approximate surface area is 159 Å². The fourth-order valence-electron chi connectivity index (χ4n) is 2.22. The van der Waals surface area contributed by atoms with Gasteiger partial charge in [-0.3, -0.25) is 4.90 Å². The molecule has 4 nitrogen and oxygen atoms in total. The van der Waals surface area contributed by atoms with E-state index < -0.39 is 0 Å². The van der Waals surface area contributed by atoms with Gasteiger partial charge in [0.15, 0.2) is 5.96 Å². The SMILES string of the molecule is CCNC(=NCc1ccc(CN(CC)CC)cc1)NC(C)C.I. The van der Waals surface area contributed by atoms with Gasteiger partial charge in [-0.25, -0.2) is 4.99 Å². The van der Waals surface area contributed by atoms with Crippen LogP contribution in [0.25, 0.3) is 0 Å². The molecule has 23 heavy (non-hydrogen) atoms. The Morgan fingerprint density at radius 3 is 2.09 bits per heavy atom. The number of nitrogens with zero attached hydrogens (tertiary/aromatic N) is 2. The van der Waals surface area contributed by atoms with Gasteiger partial charge in [0.05, 0.1) is 6.54 Å². The monoisotopic (exact) mass is 432 g/mol. The first kappa shape index (κ1) is 22.2. The number of nitrogens with one attached hydrogen (secondary N) is 2. The molecule has 1 aromatic rings. The van der Waals surface area contributed by atoms with E-state index in [2.05, 4.69) is 79.4 Å². The van der Waals surface area contributed by atoms with Crippen LogP contribution >= 0.6 is 24.0 Å². The Morgan fingerprint density at radius 1 is 1.04 bits per heavy atom. The maximum atomic E-state index is 4.63. The highest BCUT2D eigenvalue weighted by molar-refractivity contribution is 14.0. The minimum absolute atomic E-state index is 0. The summed E-state index contributed by atoms with van der Waals surface area (Å²) in [6.45, 7) is 15.5. The van der Waals surface area contributed by atoms with E-state index in [9.17, 15) is 0 Å². The molecule has 0 bridgehead atoms. The van der Waals surface area contributed by atoms with Crippen LogP contribution in [0.4, 0.5) is 0 Å². The predicted molar refractivity (Wildman–Crippen MR) is 112 cm³/mol. The van der Waals surface area contributed by atoms with Gasteiger partial charge in [-0.2, -0.15) is 0 Å². The molecule has 0 aromatic heterocycles. The molecular formula is C18H33IN4. The standard InChI is InChI=1S/C18H32N4.HI/c1-6-19-18(21-15(4)5)20-13-16-9-11-17(12-10-16)14-22(7-2)8-3;/h9-12,15H,6-8,13-14H2,1-5H3,(H2,19,20,21);1H. The zero-order chi connectivity index (χ0) is 16.4. The number of benzene rings is 1. The summed E-state index contributed by atoms with van der Waals surface area (Å²) in [7, 11) is 0. The topological polar surface area (TPSA) is 39.7 Å². The van der Waals surface area contributed by atoms with Gasteiger partial charge in [-0.05, 0) is 45.0 Å². The number of guanidine groups is 1. The van der Waals surface area contributed by atoms with Gasteiger partial charge >= 0.3 is 0 Å². The van der Waals surface area contributed by atoms with Crippen LogP contribution in [0.2, 0.25) is 0 Å². The van der Waals surface area contributed by atoms with E-state index in [1.807, 2.05) is 0 Å². The Bertz CT molecular complexity index is 439. The maximum absolute atomic E-state index is 4.63. The molecule has 0 unspecified atom stereocenters. The highest BCUT2D eigenvalue weighted by Crippen LogP contribution is 2.08. The summed E-state index contributed by atoms with van der Waals surface area (Å²) in [6.07, 6.45) is 0. The number of aliphatic imine (C=N–C) groups is 1. The van der Waals surface area contributed by atoms with Crippen molar-refractivity contribution in [2.24, 2.45) is 4.99 Å². The predicted octanol–water partition coefficient (Wildman–Crippen LogP) is 3.61. The number of hydrogen-bond donors (Lipinski definition) is 2. The van der Waals surface area contributed by atoms with Crippen LogP contribution < -0.4 is 10.6 Å². The summed E-state index contributed by atoms with van der Waals surface area (Å²) in [5.74, 6) is 0.879. The lowest BCUT2D eigenvalue weighted by molar-refractivity contribution is 0.296. The fourth-order valence-corrected chi connectivity index (χ4v) is 2.22. The minimum atomic E-state index is 0. The van der Waals surface area contributed by atoms with Crippen molar-refractivity contribution in [1.29, 1.82) is 0 Å². The Morgan fingerprint density at radius 2 is 1.61 bits per heavy atom. The van der Waals surface area contributed by atoms with Gasteiger partial charge in [0, 0.05) is 19.1 Å². The second-order valence-corrected chi connectivity index (χ2v) is 5.77. The number of hydrogen-bond acceptors (Lipinski definition) is 2. The lowest BCUT2D eigenvalue weighted by Crippen LogP contribution is -2.40. The third-order valence-corrected chi connectivity index (χ3v) is 3.51. The fraction of sp³-hybridized carbons (Fsp3) is 0.611. The molecule has 5 heteroatoms. The third-order valence-electron chi connectivity index (χ3n) is 3.51. The highest BCUT2D eigenvalue weighted by atomic mass is 127. The van der Waals surface area contributed by atoms with E-state index in [1.165, 1.54) is 11.1 Å². The second-order valence-electron chi connectivity index (χ2n) is 5.77. The van der Waals surface area contributed by atoms with Crippen LogP contribution in [-0.2, 0) is 13.1 Å². The van der Waals surface area contributed by atoms with E-state index in [-0.39, 0.29) is 24.0 Å². The molecule has 1 rings (SSSR count). The first-order valence-electron chi connectivity index (χ1n) is 8.44. The molecule has 0 saturated heterocycles. The molecule has 0 heterocycles. The van der Waals surface area contributed by atoms with Crippen LogP contribution in [0, 0.1) is 0 Å². The van der Waals surface area contributed by atoms with Crippen molar-refractivity contribution < 1.29 is 0 Å². The summed E-state index contributed by atoms with van der Waals surface area (Å²) in [4.78, 5) is 7.05. The van der Waals surface area contributed by atoms with Crippen molar-refractivity contribution in [2.75, 3.05) is 19.6 Å². The number of halogens is 1. The van der Waals surface area contributed by atoms with Crippen molar-refractivity contribution in [3.63, 3.8) is 0 Å². The van der Waals surface area contributed by atoms with Gasteiger partial charge in [-0.15, -0.1) is 24.0 Å². The molecule has 1 aromatic carbocycles. The van der Waals surface area contributed by atoms with Gasteiger partial charge in [0.1, 0.15) is 0 Å².